The van der Waals surface area contributed by atoms with Crippen molar-refractivity contribution in [2.24, 2.45) is 0 Å². The van der Waals surface area contributed by atoms with Gasteiger partial charge in [0, 0.05) is 36.2 Å². The van der Waals surface area contributed by atoms with Gasteiger partial charge in [-0.25, -0.2) is 0 Å². The minimum Gasteiger partial charge on any atom is -0.497 e. The summed E-state index contributed by atoms with van der Waals surface area (Å²) in [6.45, 7) is 6.27. The number of nitrogens with zero attached hydrogens (tertiary/aromatic N) is 4. The van der Waals surface area contributed by atoms with Crippen LogP contribution >= 0.6 is 0 Å². The number of hydrogen-bond donors (Lipinski definition) is 2. The van der Waals surface area contributed by atoms with Crippen LogP contribution in [0.1, 0.15) is 13.8 Å². The molecule has 7 nitrogen and oxygen atoms in total. The molecule has 0 spiro atoms. The van der Waals surface area contributed by atoms with E-state index in [0.717, 1.165) is 30.2 Å². The summed E-state index contributed by atoms with van der Waals surface area (Å²) in [7, 11) is 1.63. The average Bonchev–Trinajstić information content (AvgIpc) is 2.70. The molecule has 0 radical (unpaired) electrons. The maximum absolute atomic E-state index is 5.23. The van der Waals surface area contributed by atoms with Crippen molar-refractivity contribution in [2.75, 3.05) is 35.7 Å². The highest BCUT2D eigenvalue weighted by atomic mass is 16.5. The van der Waals surface area contributed by atoms with Gasteiger partial charge in [-0.3, -0.25) is 0 Å². The third-order valence-electron chi connectivity index (χ3n) is 4.15. The first-order valence-electron chi connectivity index (χ1n) is 8.94. The van der Waals surface area contributed by atoms with Crippen molar-refractivity contribution in [3.8, 4) is 5.75 Å². The summed E-state index contributed by atoms with van der Waals surface area (Å²) < 4.78 is 5.23. The van der Waals surface area contributed by atoms with Gasteiger partial charge < -0.3 is 20.3 Å². The Bertz CT molecular complexity index is 864. The first kappa shape index (κ1) is 18.4. The predicted molar refractivity (Wildman–Crippen MR) is 109 cm³/mol. The smallest absolute Gasteiger partial charge is 0.249 e. The zero-order chi connectivity index (χ0) is 19.1. The van der Waals surface area contributed by atoms with E-state index in [1.807, 2.05) is 36.4 Å². The Morgan fingerprint density at radius 1 is 0.963 bits per heavy atom. The molecule has 0 aliphatic carbocycles. The van der Waals surface area contributed by atoms with Gasteiger partial charge in [0.1, 0.15) is 5.75 Å². The van der Waals surface area contributed by atoms with Crippen molar-refractivity contribution < 1.29 is 4.74 Å². The van der Waals surface area contributed by atoms with Crippen LogP contribution in [0.25, 0.3) is 0 Å². The Morgan fingerprint density at radius 2 is 1.74 bits per heavy atom. The summed E-state index contributed by atoms with van der Waals surface area (Å²) in [5.41, 5.74) is 2.97. The van der Waals surface area contributed by atoms with Crippen molar-refractivity contribution in [2.45, 2.75) is 13.8 Å². The van der Waals surface area contributed by atoms with E-state index in [2.05, 4.69) is 56.7 Å². The first-order valence-corrected chi connectivity index (χ1v) is 8.94. The van der Waals surface area contributed by atoms with Crippen molar-refractivity contribution in [1.29, 1.82) is 0 Å². The SMILES string of the molecule is CCN(CC)c1ccc(Nc2cnnc(Nc3cccc(OC)c3)n2)cc1. The molecule has 0 fully saturated rings. The lowest BCUT2D eigenvalue weighted by Crippen LogP contribution is -2.21. The van der Waals surface area contributed by atoms with Crippen LogP contribution in [0, 0.1) is 0 Å². The van der Waals surface area contributed by atoms with E-state index in [-0.39, 0.29) is 0 Å². The highest BCUT2D eigenvalue weighted by Gasteiger charge is 2.05. The van der Waals surface area contributed by atoms with Gasteiger partial charge in [-0.05, 0) is 50.2 Å². The molecule has 2 aromatic carbocycles. The second kappa shape index (κ2) is 8.84. The van der Waals surface area contributed by atoms with Crippen LogP contribution in [0.3, 0.4) is 0 Å². The first-order chi connectivity index (χ1) is 13.2. The topological polar surface area (TPSA) is 75.2 Å². The van der Waals surface area contributed by atoms with E-state index >= 15 is 0 Å². The second-order valence-corrected chi connectivity index (χ2v) is 5.87. The Balaban J connectivity index is 1.70. The maximum Gasteiger partial charge on any atom is 0.249 e. The summed E-state index contributed by atoms with van der Waals surface area (Å²) in [6, 6.07) is 15.8. The fraction of sp³-hybridized carbons (Fsp3) is 0.250. The Hall–Kier alpha value is -3.35. The lowest BCUT2D eigenvalue weighted by Gasteiger charge is -2.21. The number of hydrogen-bond acceptors (Lipinski definition) is 7. The van der Waals surface area contributed by atoms with E-state index in [0.29, 0.717) is 11.8 Å². The van der Waals surface area contributed by atoms with E-state index < -0.39 is 0 Å². The molecule has 0 saturated heterocycles. The number of benzene rings is 2. The summed E-state index contributed by atoms with van der Waals surface area (Å²) in [5.74, 6) is 1.79. The van der Waals surface area contributed by atoms with Crippen LogP contribution in [0.2, 0.25) is 0 Å². The van der Waals surface area contributed by atoms with E-state index in [1.54, 1.807) is 13.3 Å². The highest BCUT2D eigenvalue weighted by molar-refractivity contribution is 5.62. The number of rotatable bonds is 8. The molecule has 2 N–H and O–H groups in total. The number of anilines is 5. The zero-order valence-corrected chi connectivity index (χ0v) is 15.8. The maximum atomic E-state index is 5.23. The lowest BCUT2D eigenvalue weighted by molar-refractivity contribution is 0.415. The Kier molecular flexibility index (Phi) is 6.04. The molecule has 0 amide bonds. The number of methoxy groups -OCH3 is 1. The quantitative estimate of drug-likeness (QED) is 0.620. The summed E-state index contributed by atoms with van der Waals surface area (Å²) in [4.78, 5) is 6.76. The molecule has 7 heteroatoms. The number of aromatic nitrogens is 3. The molecule has 0 atom stereocenters. The fourth-order valence-corrected chi connectivity index (χ4v) is 2.74. The van der Waals surface area contributed by atoms with Crippen molar-refractivity contribution >= 4 is 28.8 Å². The van der Waals surface area contributed by atoms with Crippen LogP contribution in [-0.2, 0) is 0 Å². The lowest BCUT2D eigenvalue weighted by atomic mass is 10.2. The normalized spacial score (nSPS) is 10.3. The minimum absolute atomic E-state index is 0.410. The van der Waals surface area contributed by atoms with Crippen molar-refractivity contribution in [3.05, 3.63) is 54.7 Å². The van der Waals surface area contributed by atoms with Crippen LogP contribution in [0.5, 0.6) is 5.75 Å². The van der Waals surface area contributed by atoms with E-state index in [4.69, 9.17) is 4.74 Å². The molecular weight excluding hydrogens is 340 g/mol. The van der Waals surface area contributed by atoms with Gasteiger partial charge in [0.15, 0.2) is 5.82 Å². The molecule has 0 aliphatic heterocycles. The van der Waals surface area contributed by atoms with Gasteiger partial charge >= 0.3 is 0 Å². The average molecular weight is 364 g/mol. The van der Waals surface area contributed by atoms with Crippen LogP contribution in [0.15, 0.2) is 54.7 Å². The largest absolute Gasteiger partial charge is 0.497 e. The zero-order valence-electron chi connectivity index (χ0n) is 15.8. The van der Waals surface area contributed by atoms with E-state index in [9.17, 15) is 0 Å². The molecule has 0 saturated carbocycles. The van der Waals surface area contributed by atoms with Gasteiger partial charge in [-0.2, -0.15) is 10.1 Å². The molecule has 140 valence electrons. The molecule has 0 aliphatic rings. The predicted octanol–water partition coefficient (Wildman–Crippen LogP) is 4.21. The molecule has 27 heavy (non-hydrogen) atoms. The van der Waals surface area contributed by atoms with Gasteiger partial charge in [-0.1, -0.05) is 6.07 Å². The second-order valence-electron chi connectivity index (χ2n) is 5.87. The van der Waals surface area contributed by atoms with Gasteiger partial charge in [0.2, 0.25) is 5.95 Å². The molecule has 0 unspecified atom stereocenters. The van der Waals surface area contributed by atoms with Gasteiger partial charge in [-0.15, -0.1) is 5.10 Å². The molecule has 3 rings (SSSR count). The molecule has 1 heterocycles. The Labute approximate surface area is 159 Å². The van der Waals surface area contributed by atoms with Crippen LogP contribution in [-0.4, -0.2) is 35.4 Å². The van der Waals surface area contributed by atoms with Gasteiger partial charge in [0.05, 0.1) is 13.3 Å². The summed E-state index contributed by atoms with van der Waals surface area (Å²) >= 11 is 0. The third kappa shape index (κ3) is 4.84. The van der Waals surface area contributed by atoms with Gasteiger partial charge in [0.25, 0.3) is 0 Å². The third-order valence-corrected chi connectivity index (χ3v) is 4.15. The standard InChI is InChI=1S/C20H24N6O/c1-4-26(5-2)17-11-9-15(10-12-17)22-19-14-21-25-20(24-19)23-16-7-6-8-18(13-16)27-3/h6-14H,4-5H2,1-3H3,(H2,22,23,24,25). The van der Waals surface area contributed by atoms with Crippen molar-refractivity contribution in [1.82, 2.24) is 15.2 Å². The number of ether oxygens (including phenoxy) is 1. The minimum atomic E-state index is 0.410. The van der Waals surface area contributed by atoms with Crippen LogP contribution in [0.4, 0.5) is 28.8 Å². The Morgan fingerprint density at radius 3 is 2.44 bits per heavy atom. The molecule has 1 aromatic heterocycles. The molecule has 0 bridgehead atoms. The van der Waals surface area contributed by atoms with Crippen molar-refractivity contribution in [3.63, 3.8) is 0 Å². The highest BCUT2D eigenvalue weighted by Crippen LogP contribution is 2.22. The van der Waals surface area contributed by atoms with Crippen LogP contribution < -0.4 is 20.3 Å². The number of nitrogens with one attached hydrogen (secondary N) is 2. The molecular formula is C20H24N6O. The monoisotopic (exact) mass is 364 g/mol. The summed E-state index contributed by atoms with van der Waals surface area (Å²) in [6.07, 6.45) is 1.59. The van der Waals surface area contributed by atoms with E-state index in [1.165, 1.54) is 5.69 Å². The summed E-state index contributed by atoms with van der Waals surface area (Å²) in [5, 5.41) is 14.4. The molecule has 3 aromatic rings. The fourth-order valence-electron chi connectivity index (χ4n) is 2.74.